The lowest BCUT2D eigenvalue weighted by molar-refractivity contribution is -0.131. The molecule has 0 unspecified atom stereocenters. The molecule has 0 spiro atoms. The Hall–Kier alpha value is -2.30. The van der Waals surface area contributed by atoms with Crippen LogP contribution in [0.5, 0.6) is 11.5 Å². The lowest BCUT2D eigenvalue weighted by Gasteiger charge is -2.10. The Labute approximate surface area is 126 Å². The lowest BCUT2D eigenvalue weighted by Crippen LogP contribution is -1.91. The number of carboxylic acid groups (broad SMARTS) is 1. The van der Waals surface area contributed by atoms with Crippen LogP contribution in [-0.2, 0) is 11.4 Å². The van der Waals surface area contributed by atoms with Gasteiger partial charge in [0.25, 0.3) is 0 Å². The van der Waals surface area contributed by atoms with Crippen molar-refractivity contribution in [2.45, 2.75) is 6.61 Å². The number of halogens is 1. The molecule has 21 heavy (non-hydrogen) atoms. The summed E-state index contributed by atoms with van der Waals surface area (Å²) in [5, 5.41) is 18.1. The molecular weight excluding hydrogens is 292 g/mol. The summed E-state index contributed by atoms with van der Waals surface area (Å²) in [5.41, 5.74) is 1.27. The van der Waals surface area contributed by atoms with Crippen LogP contribution in [0.2, 0.25) is 5.02 Å². The maximum absolute atomic E-state index is 10.6. The van der Waals surface area contributed by atoms with E-state index < -0.39 is 5.97 Å². The van der Waals surface area contributed by atoms with Gasteiger partial charge in [0.15, 0.2) is 0 Å². The van der Waals surface area contributed by atoms with Crippen molar-refractivity contribution in [1.82, 2.24) is 0 Å². The molecule has 108 valence electrons. The number of carboxylic acids is 1. The third-order valence-corrected chi connectivity index (χ3v) is 3.07. The zero-order chi connectivity index (χ0) is 15.2. The molecule has 0 heterocycles. The Morgan fingerprint density at radius 1 is 1.19 bits per heavy atom. The minimum absolute atomic E-state index is 0.0377. The summed E-state index contributed by atoms with van der Waals surface area (Å²) in [6.45, 7) is -0.0377. The van der Waals surface area contributed by atoms with E-state index in [1.807, 2.05) is 0 Å². The molecule has 5 heteroatoms. The van der Waals surface area contributed by atoms with Gasteiger partial charge in [0.05, 0.1) is 11.6 Å². The molecule has 0 atom stereocenters. The highest BCUT2D eigenvalue weighted by atomic mass is 35.5. The molecule has 2 N–H and O–H groups in total. The number of aliphatic hydroxyl groups excluding tert-OH is 1. The molecular formula is C16H13ClO4. The standard InChI is InChI=1S/C16H13ClO4/c17-14-2-1-3-15(13(14)8-9-16(19)20)21-12-6-4-11(10-18)5-7-12/h1-9,18H,10H2,(H,19,20)/b9-8+. The van der Waals surface area contributed by atoms with Gasteiger partial charge in [-0.15, -0.1) is 0 Å². The SMILES string of the molecule is O=C(O)/C=C/c1c(Cl)cccc1Oc1ccc(CO)cc1. The summed E-state index contributed by atoms with van der Waals surface area (Å²) in [5.74, 6) is -0.0376. The Kier molecular flexibility index (Phi) is 4.98. The van der Waals surface area contributed by atoms with Crippen LogP contribution in [0, 0.1) is 0 Å². The smallest absolute Gasteiger partial charge is 0.328 e. The molecule has 0 bridgehead atoms. The minimum atomic E-state index is -1.06. The van der Waals surface area contributed by atoms with Crippen LogP contribution in [0.15, 0.2) is 48.5 Å². The van der Waals surface area contributed by atoms with Gasteiger partial charge in [-0.25, -0.2) is 4.79 Å². The van der Waals surface area contributed by atoms with E-state index in [0.29, 0.717) is 22.1 Å². The van der Waals surface area contributed by atoms with Crippen molar-refractivity contribution in [2.24, 2.45) is 0 Å². The van der Waals surface area contributed by atoms with Crippen molar-refractivity contribution in [2.75, 3.05) is 0 Å². The minimum Gasteiger partial charge on any atom is -0.478 e. The highest BCUT2D eigenvalue weighted by Gasteiger charge is 2.07. The predicted molar refractivity (Wildman–Crippen MR) is 80.6 cm³/mol. The van der Waals surface area contributed by atoms with Crippen molar-refractivity contribution in [3.8, 4) is 11.5 Å². The Balaban J connectivity index is 2.30. The van der Waals surface area contributed by atoms with Gasteiger partial charge in [-0.2, -0.15) is 0 Å². The molecule has 2 aromatic rings. The second kappa shape index (κ2) is 6.92. The Morgan fingerprint density at radius 2 is 1.90 bits per heavy atom. The highest BCUT2D eigenvalue weighted by Crippen LogP contribution is 2.31. The number of hydrogen-bond acceptors (Lipinski definition) is 3. The van der Waals surface area contributed by atoms with Gasteiger partial charge < -0.3 is 14.9 Å². The summed E-state index contributed by atoms with van der Waals surface area (Å²) < 4.78 is 5.71. The van der Waals surface area contributed by atoms with Crippen LogP contribution in [-0.4, -0.2) is 16.2 Å². The molecule has 0 radical (unpaired) electrons. The summed E-state index contributed by atoms with van der Waals surface area (Å²) in [4.78, 5) is 10.6. The van der Waals surface area contributed by atoms with E-state index in [9.17, 15) is 4.79 Å². The van der Waals surface area contributed by atoms with E-state index in [2.05, 4.69) is 0 Å². The first-order valence-corrected chi connectivity index (χ1v) is 6.55. The van der Waals surface area contributed by atoms with Gasteiger partial charge in [-0.3, -0.25) is 0 Å². The zero-order valence-corrected chi connectivity index (χ0v) is 11.7. The van der Waals surface area contributed by atoms with Gasteiger partial charge in [-0.1, -0.05) is 29.8 Å². The van der Waals surface area contributed by atoms with Crippen molar-refractivity contribution >= 4 is 23.6 Å². The van der Waals surface area contributed by atoms with E-state index in [-0.39, 0.29) is 6.61 Å². The number of carbonyl (C=O) groups is 1. The van der Waals surface area contributed by atoms with Crippen LogP contribution in [0.3, 0.4) is 0 Å². The number of hydrogen-bond donors (Lipinski definition) is 2. The van der Waals surface area contributed by atoms with Crippen LogP contribution in [0.1, 0.15) is 11.1 Å². The van der Waals surface area contributed by atoms with Gasteiger partial charge in [-0.05, 0) is 35.9 Å². The molecule has 0 amide bonds. The van der Waals surface area contributed by atoms with Crippen LogP contribution in [0.4, 0.5) is 0 Å². The molecule has 0 saturated heterocycles. The number of rotatable bonds is 5. The first kappa shape index (κ1) is 15.1. The summed E-state index contributed by atoms with van der Waals surface area (Å²) in [7, 11) is 0. The topological polar surface area (TPSA) is 66.8 Å². The number of aliphatic carboxylic acids is 1. The first-order valence-electron chi connectivity index (χ1n) is 6.17. The second-order valence-corrected chi connectivity index (χ2v) is 4.63. The molecule has 2 aromatic carbocycles. The molecule has 0 aromatic heterocycles. The molecule has 0 aliphatic rings. The third-order valence-electron chi connectivity index (χ3n) is 2.74. The Morgan fingerprint density at radius 3 is 2.52 bits per heavy atom. The van der Waals surface area contributed by atoms with Gasteiger partial charge in [0.1, 0.15) is 11.5 Å². The second-order valence-electron chi connectivity index (χ2n) is 4.23. The summed E-state index contributed by atoms with van der Waals surface area (Å²) in [6.07, 6.45) is 2.39. The van der Waals surface area contributed by atoms with Crippen LogP contribution in [0.25, 0.3) is 6.08 Å². The third kappa shape index (κ3) is 4.08. The summed E-state index contributed by atoms with van der Waals surface area (Å²) in [6, 6.07) is 12.0. The monoisotopic (exact) mass is 304 g/mol. The zero-order valence-electron chi connectivity index (χ0n) is 11.0. The quantitative estimate of drug-likeness (QED) is 0.826. The van der Waals surface area contributed by atoms with Crippen molar-refractivity contribution < 1.29 is 19.7 Å². The van der Waals surface area contributed by atoms with Crippen molar-refractivity contribution in [3.63, 3.8) is 0 Å². The van der Waals surface area contributed by atoms with E-state index in [4.69, 9.17) is 26.6 Å². The number of ether oxygens (including phenoxy) is 1. The molecule has 0 aliphatic heterocycles. The van der Waals surface area contributed by atoms with E-state index in [1.165, 1.54) is 6.08 Å². The maximum atomic E-state index is 10.6. The number of aliphatic hydroxyl groups is 1. The van der Waals surface area contributed by atoms with Crippen molar-refractivity contribution in [3.05, 3.63) is 64.7 Å². The largest absolute Gasteiger partial charge is 0.478 e. The van der Waals surface area contributed by atoms with E-state index in [1.54, 1.807) is 42.5 Å². The van der Waals surface area contributed by atoms with E-state index in [0.717, 1.165) is 11.6 Å². The molecule has 4 nitrogen and oxygen atoms in total. The summed E-state index contributed by atoms with van der Waals surface area (Å²) >= 11 is 6.07. The molecule has 0 aliphatic carbocycles. The van der Waals surface area contributed by atoms with Crippen LogP contribution < -0.4 is 4.74 Å². The van der Waals surface area contributed by atoms with Crippen molar-refractivity contribution in [1.29, 1.82) is 0 Å². The number of benzene rings is 2. The van der Waals surface area contributed by atoms with Gasteiger partial charge in [0.2, 0.25) is 0 Å². The van der Waals surface area contributed by atoms with E-state index >= 15 is 0 Å². The average molecular weight is 305 g/mol. The predicted octanol–water partition coefficient (Wildman–Crippen LogP) is 3.72. The maximum Gasteiger partial charge on any atom is 0.328 e. The van der Waals surface area contributed by atoms with Crippen LogP contribution >= 0.6 is 11.6 Å². The first-order chi connectivity index (χ1) is 10.1. The average Bonchev–Trinajstić information content (AvgIpc) is 2.47. The Bertz CT molecular complexity index is 662. The molecule has 0 saturated carbocycles. The lowest BCUT2D eigenvalue weighted by atomic mass is 10.1. The highest BCUT2D eigenvalue weighted by molar-refractivity contribution is 6.32. The molecule has 2 rings (SSSR count). The normalized spacial score (nSPS) is 10.8. The fourth-order valence-electron chi connectivity index (χ4n) is 1.71. The molecule has 0 fully saturated rings. The van der Waals surface area contributed by atoms with Gasteiger partial charge in [0, 0.05) is 11.6 Å². The fraction of sp³-hybridized carbons (Fsp3) is 0.0625. The fourth-order valence-corrected chi connectivity index (χ4v) is 1.94. The van der Waals surface area contributed by atoms with Gasteiger partial charge >= 0.3 is 5.97 Å².